The first-order chi connectivity index (χ1) is 14.7. The topological polar surface area (TPSA) is 54.8 Å². The van der Waals surface area contributed by atoms with Gasteiger partial charge >= 0.3 is 0 Å². The number of aliphatic imine (C=N–C) groups is 1. The van der Waals surface area contributed by atoms with Crippen molar-refractivity contribution in [3.05, 3.63) is 58.2 Å². The van der Waals surface area contributed by atoms with Crippen molar-refractivity contribution in [2.24, 2.45) is 4.99 Å². The summed E-state index contributed by atoms with van der Waals surface area (Å²) in [6, 6.07) is 11.6. The molecule has 1 saturated heterocycles. The van der Waals surface area contributed by atoms with Crippen LogP contribution in [0.4, 0.5) is 5.69 Å². The molecule has 1 saturated carbocycles. The summed E-state index contributed by atoms with van der Waals surface area (Å²) in [5.74, 6) is 0.835. The van der Waals surface area contributed by atoms with Crippen molar-refractivity contribution in [2.45, 2.75) is 45.1 Å². The van der Waals surface area contributed by atoms with Crippen molar-refractivity contribution in [3.63, 3.8) is 0 Å². The minimum atomic E-state index is 0.0135. The molecular formula is C23H24ClN3O2S. The van der Waals surface area contributed by atoms with Crippen LogP contribution in [-0.2, 0) is 4.79 Å². The summed E-state index contributed by atoms with van der Waals surface area (Å²) >= 11 is 7.63. The molecule has 2 fully saturated rings. The molecule has 1 aliphatic carbocycles. The lowest BCUT2D eigenvalue weighted by molar-refractivity contribution is -0.124. The Bertz CT molecular complexity index is 969. The summed E-state index contributed by atoms with van der Waals surface area (Å²) in [5, 5.41) is 1.02. The van der Waals surface area contributed by atoms with Gasteiger partial charge in [0.2, 0.25) is 0 Å². The first-order valence-corrected chi connectivity index (χ1v) is 11.5. The van der Waals surface area contributed by atoms with Crippen molar-refractivity contribution < 1.29 is 9.53 Å². The fraction of sp³-hybridized carbons (Fsp3) is 0.348. The van der Waals surface area contributed by atoms with E-state index in [4.69, 9.17) is 21.3 Å². The van der Waals surface area contributed by atoms with Crippen molar-refractivity contribution in [1.82, 2.24) is 9.88 Å². The second-order valence-electron chi connectivity index (χ2n) is 7.29. The zero-order chi connectivity index (χ0) is 20.9. The molecule has 0 unspecified atom stereocenters. The van der Waals surface area contributed by atoms with Crippen molar-refractivity contribution in [2.75, 3.05) is 6.61 Å². The van der Waals surface area contributed by atoms with Crippen molar-refractivity contribution >= 4 is 46.2 Å². The number of halogens is 1. The number of thioether (sulfide) groups is 1. The molecule has 0 bridgehead atoms. The summed E-state index contributed by atoms with van der Waals surface area (Å²) in [4.78, 5) is 24.7. The van der Waals surface area contributed by atoms with Gasteiger partial charge in [0.1, 0.15) is 11.4 Å². The van der Waals surface area contributed by atoms with Crippen LogP contribution < -0.4 is 4.74 Å². The monoisotopic (exact) mass is 441 g/mol. The van der Waals surface area contributed by atoms with Crippen LogP contribution in [0.2, 0.25) is 5.15 Å². The predicted octanol–water partition coefficient (Wildman–Crippen LogP) is 6.07. The van der Waals surface area contributed by atoms with Crippen molar-refractivity contribution in [1.29, 1.82) is 0 Å². The molecular weight excluding hydrogens is 418 g/mol. The number of amidine groups is 1. The van der Waals surface area contributed by atoms with E-state index >= 15 is 0 Å². The Kier molecular flexibility index (Phi) is 6.75. The van der Waals surface area contributed by atoms with E-state index in [0.29, 0.717) is 27.5 Å². The maximum Gasteiger partial charge on any atom is 0.267 e. The average molecular weight is 442 g/mol. The van der Waals surface area contributed by atoms with Crippen LogP contribution in [0.3, 0.4) is 0 Å². The van der Waals surface area contributed by atoms with Gasteiger partial charge in [-0.2, -0.15) is 0 Å². The lowest BCUT2D eigenvalue weighted by atomic mass is 9.94. The van der Waals surface area contributed by atoms with Gasteiger partial charge in [-0.05, 0) is 67.4 Å². The fourth-order valence-electron chi connectivity index (χ4n) is 3.77. The van der Waals surface area contributed by atoms with Gasteiger partial charge in [0, 0.05) is 12.2 Å². The van der Waals surface area contributed by atoms with Crippen LogP contribution in [0.25, 0.3) is 6.08 Å². The third-order valence-corrected chi connectivity index (χ3v) is 6.50. The Hall–Kier alpha value is -2.31. The fourth-order valence-corrected chi connectivity index (χ4v) is 4.98. The van der Waals surface area contributed by atoms with E-state index in [1.807, 2.05) is 48.2 Å². The molecule has 2 aromatic rings. The first kappa shape index (κ1) is 20.9. The summed E-state index contributed by atoms with van der Waals surface area (Å²) in [7, 11) is 0. The van der Waals surface area contributed by atoms with Gasteiger partial charge < -0.3 is 4.74 Å². The number of aromatic nitrogens is 1. The maximum absolute atomic E-state index is 13.3. The van der Waals surface area contributed by atoms with Gasteiger partial charge in [-0.25, -0.2) is 9.98 Å². The number of pyridine rings is 1. The van der Waals surface area contributed by atoms with Crippen molar-refractivity contribution in [3.8, 4) is 5.75 Å². The molecule has 0 atom stereocenters. The molecule has 4 rings (SSSR count). The Morgan fingerprint density at radius 1 is 1.23 bits per heavy atom. The SMILES string of the molecule is CCOc1ccc(/C=C2\SC(=Nc3cccnc3Cl)N(C3CCCCC3)C2=O)cc1. The Balaban J connectivity index is 1.66. The molecule has 1 aliphatic heterocycles. The van der Waals surface area contributed by atoms with E-state index in [9.17, 15) is 4.79 Å². The highest BCUT2D eigenvalue weighted by Gasteiger charge is 2.38. The number of nitrogens with zero attached hydrogens (tertiary/aromatic N) is 3. The molecule has 5 nitrogen and oxygen atoms in total. The molecule has 0 spiro atoms. The third kappa shape index (κ3) is 4.71. The minimum Gasteiger partial charge on any atom is -0.494 e. The number of ether oxygens (including phenoxy) is 1. The number of hydrogen-bond acceptors (Lipinski definition) is 5. The molecule has 0 radical (unpaired) electrons. The predicted molar refractivity (Wildman–Crippen MR) is 123 cm³/mol. The molecule has 2 aliphatic rings. The van der Waals surface area contributed by atoms with Crippen LogP contribution in [0.1, 0.15) is 44.6 Å². The zero-order valence-electron chi connectivity index (χ0n) is 16.9. The molecule has 1 amide bonds. The summed E-state index contributed by atoms with van der Waals surface area (Å²) in [6.07, 6.45) is 9.06. The van der Waals surface area contributed by atoms with Gasteiger partial charge in [-0.1, -0.05) is 43.0 Å². The van der Waals surface area contributed by atoms with Gasteiger partial charge in [-0.3, -0.25) is 9.69 Å². The van der Waals surface area contributed by atoms with Crippen LogP contribution in [-0.4, -0.2) is 33.6 Å². The lowest BCUT2D eigenvalue weighted by Gasteiger charge is -2.30. The van der Waals surface area contributed by atoms with Gasteiger partial charge in [0.25, 0.3) is 5.91 Å². The Morgan fingerprint density at radius 3 is 2.70 bits per heavy atom. The highest BCUT2D eigenvalue weighted by molar-refractivity contribution is 8.18. The highest BCUT2D eigenvalue weighted by atomic mass is 35.5. The van der Waals surface area contributed by atoms with Crippen LogP contribution in [0.15, 0.2) is 52.5 Å². The lowest BCUT2D eigenvalue weighted by Crippen LogP contribution is -2.40. The van der Waals surface area contributed by atoms with Crippen LogP contribution in [0.5, 0.6) is 5.75 Å². The standard InChI is InChI=1S/C23H24ClN3O2S/c1-2-29-18-12-10-16(11-13-18)15-20-22(28)27(17-7-4-3-5-8-17)23(30-20)26-19-9-6-14-25-21(19)24/h6,9-15,17H,2-5,7-8H2,1H3/b20-15-,26-23?. The molecule has 156 valence electrons. The molecule has 30 heavy (non-hydrogen) atoms. The van der Waals surface area contributed by atoms with Crippen LogP contribution >= 0.6 is 23.4 Å². The number of amides is 1. The average Bonchev–Trinajstić information content (AvgIpc) is 3.06. The normalized spacial score (nSPS) is 20.3. The number of hydrogen-bond donors (Lipinski definition) is 0. The van der Waals surface area contributed by atoms with E-state index in [2.05, 4.69) is 4.98 Å². The number of benzene rings is 1. The molecule has 7 heteroatoms. The highest BCUT2D eigenvalue weighted by Crippen LogP contribution is 2.39. The maximum atomic E-state index is 13.3. The summed E-state index contributed by atoms with van der Waals surface area (Å²) in [5.41, 5.74) is 1.54. The first-order valence-electron chi connectivity index (χ1n) is 10.3. The number of carbonyl (C=O) groups is 1. The van der Waals surface area contributed by atoms with Crippen LogP contribution in [0, 0.1) is 0 Å². The largest absolute Gasteiger partial charge is 0.494 e. The van der Waals surface area contributed by atoms with E-state index < -0.39 is 0 Å². The van der Waals surface area contributed by atoms with E-state index in [1.165, 1.54) is 18.2 Å². The molecule has 1 aromatic heterocycles. The minimum absolute atomic E-state index is 0.0135. The van der Waals surface area contributed by atoms with E-state index in [0.717, 1.165) is 37.0 Å². The molecule has 2 heterocycles. The smallest absolute Gasteiger partial charge is 0.267 e. The molecule has 1 aromatic carbocycles. The summed E-state index contributed by atoms with van der Waals surface area (Å²) in [6.45, 7) is 2.58. The van der Waals surface area contributed by atoms with Gasteiger partial charge in [0.05, 0.1) is 11.5 Å². The van der Waals surface area contributed by atoms with Gasteiger partial charge in [-0.15, -0.1) is 0 Å². The zero-order valence-corrected chi connectivity index (χ0v) is 18.5. The second-order valence-corrected chi connectivity index (χ2v) is 8.65. The Labute approximate surface area is 186 Å². The summed E-state index contributed by atoms with van der Waals surface area (Å²) < 4.78 is 5.50. The molecule has 0 N–H and O–H groups in total. The Morgan fingerprint density at radius 2 is 2.00 bits per heavy atom. The second kappa shape index (κ2) is 9.67. The van der Waals surface area contributed by atoms with E-state index in [-0.39, 0.29) is 11.9 Å². The van der Waals surface area contributed by atoms with E-state index in [1.54, 1.807) is 12.3 Å². The number of carbonyl (C=O) groups excluding carboxylic acids is 1. The quantitative estimate of drug-likeness (QED) is 0.417. The third-order valence-electron chi connectivity index (χ3n) is 5.22. The van der Waals surface area contributed by atoms with Gasteiger partial charge in [0.15, 0.2) is 10.3 Å². The number of rotatable bonds is 5.